The standard InChI is InChI=1S/C14H21NO2/c1-15-10-12-5-2-3-8-14(12,17)11-6-4-7-13(16)9-11/h4,6-7,9,12,15-17H,2-3,5,8,10H2,1H3/i1D3. The molecule has 17 heavy (non-hydrogen) atoms. The Morgan fingerprint density at radius 2 is 2.41 bits per heavy atom. The van der Waals surface area contributed by atoms with Crippen LogP contribution in [0.2, 0.25) is 0 Å². The number of benzene rings is 1. The van der Waals surface area contributed by atoms with Crippen molar-refractivity contribution in [2.75, 3.05) is 13.5 Å². The molecule has 1 aromatic carbocycles. The molecule has 0 heterocycles. The van der Waals surface area contributed by atoms with Crippen LogP contribution in [0.15, 0.2) is 24.3 Å². The summed E-state index contributed by atoms with van der Waals surface area (Å²) in [7, 11) is 0. The first-order chi connectivity index (χ1) is 9.31. The lowest BCUT2D eigenvalue weighted by atomic mass is 9.71. The van der Waals surface area contributed by atoms with E-state index in [0.717, 1.165) is 19.3 Å². The summed E-state index contributed by atoms with van der Waals surface area (Å²) in [6.07, 6.45) is 3.24. The molecule has 3 N–H and O–H groups in total. The van der Waals surface area contributed by atoms with Crippen molar-refractivity contribution in [3.8, 4) is 5.75 Å². The minimum Gasteiger partial charge on any atom is -0.508 e. The summed E-state index contributed by atoms with van der Waals surface area (Å²) >= 11 is 0. The Labute approximate surface area is 107 Å². The molecule has 0 amide bonds. The fraction of sp³-hybridized carbons (Fsp3) is 0.571. The molecule has 1 aliphatic carbocycles. The molecule has 2 rings (SSSR count). The van der Waals surface area contributed by atoms with Gasteiger partial charge in [-0.15, -0.1) is 0 Å². The lowest BCUT2D eigenvalue weighted by molar-refractivity contribution is -0.0531. The summed E-state index contributed by atoms with van der Waals surface area (Å²) in [6, 6.07) is 6.61. The molecular formula is C14H21NO2. The summed E-state index contributed by atoms with van der Waals surface area (Å²) in [4.78, 5) is 0. The molecule has 1 aromatic rings. The molecule has 0 radical (unpaired) electrons. The fourth-order valence-corrected chi connectivity index (χ4v) is 2.78. The van der Waals surface area contributed by atoms with Crippen LogP contribution in [0.3, 0.4) is 0 Å². The van der Waals surface area contributed by atoms with Gasteiger partial charge in [0, 0.05) is 16.6 Å². The van der Waals surface area contributed by atoms with E-state index in [1.54, 1.807) is 24.3 Å². The monoisotopic (exact) mass is 238 g/mol. The van der Waals surface area contributed by atoms with Gasteiger partial charge in [0.2, 0.25) is 0 Å². The molecule has 0 spiro atoms. The van der Waals surface area contributed by atoms with E-state index in [0.29, 0.717) is 12.0 Å². The molecule has 0 aliphatic heterocycles. The van der Waals surface area contributed by atoms with Crippen molar-refractivity contribution in [1.29, 1.82) is 0 Å². The molecule has 94 valence electrons. The molecule has 0 saturated heterocycles. The molecule has 0 bridgehead atoms. The summed E-state index contributed by atoms with van der Waals surface area (Å²) in [5.74, 6) is -0.0532. The molecule has 2 atom stereocenters. The fourth-order valence-electron chi connectivity index (χ4n) is 2.78. The number of nitrogens with one attached hydrogen (secondary N) is 1. The number of aliphatic hydroxyl groups is 1. The van der Waals surface area contributed by atoms with Gasteiger partial charge in [0.25, 0.3) is 0 Å². The molecule has 1 fully saturated rings. The largest absolute Gasteiger partial charge is 0.508 e. The van der Waals surface area contributed by atoms with Crippen LogP contribution in [-0.2, 0) is 5.60 Å². The van der Waals surface area contributed by atoms with Crippen molar-refractivity contribution < 1.29 is 14.3 Å². The predicted octanol–water partition coefficient (Wildman–Crippen LogP) is 1.99. The lowest BCUT2D eigenvalue weighted by Gasteiger charge is -2.40. The maximum absolute atomic E-state index is 11.0. The van der Waals surface area contributed by atoms with Crippen LogP contribution in [0, 0.1) is 5.92 Å². The van der Waals surface area contributed by atoms with Crippen LogP contribution in [0.5, 0.6) is 5.75 Å². The highest BCUT2D eigenvalue weighted by molar-refractivity contribution is 5.32. The first-order valence-corrected chi connectivity index (χ1v) is 6.08. The van der Waals surface area contributed by atoms with Crippen molar-refractivity contribution in [1.82, 2.24) is 5.32 Å². The van der Waals surface area contributed by atoms with Gasteiger partial charge < -0.3 is 15.5 Å². The maximum atomic E-state index is 11.0. The van der Waals surface area contributed by atoms with Gasteiger partial charge in [-0.3, -0.25) is 0 Å². The number of phenols is 1. The van der Waals surface area contributed by atoms with Crippen LogP contribution < -0.4 is 5.32 Å². The van der Waals surface area contributed by atoms with E-state index < -0.39 is 12.6 Å². The van der Waals surface area contributed by atoms with Crippen molar-refractivity contribution >= 4 is 0 Å². The molecular weight excluding hydrogens is 214 g/mol. The Hall–Kier alpha value is -1.06. The van der Waals surface area contributed by atoms with Gasteiger partial charge in [-0.25, -0.2) is 0 Å². The molecule has 2 unspecified atom stereocenters. The van der Waals surface area contributed by atoms with E-state index in [1.165, 1.54) is 0 Å². The Kier molecular flexibility index (Phi) is 2.67. The van der Waals surface area contributed by atoms with E-state index in [2.05, 4.69) is 5.32 Å². The SMILES string of the molecule is [2H]C([2H])([2H])NCC1CCCCC1(O)c1cccc(O)c1. The summed E-state index contributed by atoms with van der Waals surface area (Å²) in [5, 5.41) is 23.1. The van der Waals surface area contributed by atoms with E-state index in [9.17, 15) is 10.2 Å². The summed E-state index contributed by atoms with van der Waals surface area (Å²) in [6.45, 7) is -1.96. The Morgan fingerprint density at radius 1 is 1.53 bits per heavy atom. The van der Waals surface area contributed by atoms with Gasteiger partial charge in [0.1, 0.15) is 5.75 Å². The molecule has 1 saturated carbocycles. The number of hydrogen-bond acceptors (Lipinski definition) is 3. The van der Waals surface area contributed by atoms with E-state index in [-0.39, 0.29) is 18.2 Å². The number of phenolic OH excluding ortho intramolecular Hbond substituents is 1. The van der Waals surface area contributed by atoms with Crippen LogP contribution >= 0.6 is 0 Å². The van der Waals surface area contributed by atoms with E-state index in [1.807, 2.05) is 0 Å². The minimum atomic E-state index is -2.20. The zero-order chi connectivity index (χ0) is 14.8. The van der Waals surface area contributed by atoms with Crippen LogP contribution in [0.1, 0.15) is 35.4 Å². The number of aromatic hydroxyl groups is 1. The predicted molar refractivity (Wildman–Crippen MR) is 67.9 cm³/mol. The van der Waals surface area contributed by atoms with Crippen molar-refractivity contribution in [3.63, 3.8) is 0 Å². The summed E-state index contributed by atoms with van der Waals surface area (Å²) in [5.41, 5.74) is -0.413. The minimum absolute atomic E-state index is 0.115. The zero-order valence-corrected chi connectivity index (χ0v) is 9.82. The first-order valence-electron chi connectivity index (χ1n) is 7.58. The second-order valence-corrected chi connectivity index (χ2v) is 4.80. The zero-order valence-electron chi connectivity index (χ0n) is 12.8. The number of rotatable bonds is 3. The second kappa shape index (κ2) is 5.07. The topological polar surface area (TPSA) is 52.5 Å². The van der Waals surface area contributed by atoms with Crippen molar-refractivity contribution in [2.24, 2.45) is 5.92 Å². The Balaban J connectivity index is 2.20. The highest BCUT2D eigenvalue weighted by Gasteiger charge is 2.39. The van der Waals surface area contributed by atoms with Crippen molar-refractivity contribution in [3.05, 3.63) is 29.8 Å². The summed E-state index contributed by atoms with van der Waals surface area (Å²) < 4.78 is 21.7. The van der Waals surface area contributed by atoms with Gasteiger partial charge in [-0.2, -0.15) is 0 Å². The van der Waals surface area contributed by atoms with Crippen LogP contribution in [0.25, 0.3) is 0 Å². The Morgan fingerprint density at radius 3 is 3.18 bits per heavy atom. The first kappa shape index (κ1) is 8.95. The highest BCUT2D eigenvalue weighted by Crippen LogP contribution is 2.42. The quantitative estimate of drug-likeness (QED) is 0.755. The van der Waals surface area contributed by atoms with Gasteiger partial charge in [0.15, 0.2) is 0 Å². The smallest absolute Gasteiger partial charge is 0.115 e. The average Bonchev–Trinajstić information content (AvgIpc) is 2.37. The maximum Gasteiger partial charge on any atom is 0.115 e. The van der Waals surface area contributed by atoms with Crippen LogP contribution in [0.4, 0.5) is 0 Å². The highest BCUT2D eigenvalue weighted by atomic mass is 16.3. The third-order valence-electron chi connectivity index (χ3n) is 3.73. The molecule has 0 aromatic heterocycles. The lowest BCUT2D eigenvalue weighted by Crippen LogP contribution is -2.42. The van der Waals surface area contributed by atoms with Gasteiger partial charge >= 0.3 is 0 Å². The Bertz CT molecular complexity index is 464. The van der Waals surface area contributed by atoms with E-state index in [4.69, 9.17) is 4.11 Å². The third-order valence-corrected chi connectivity index (χ3v) is 3.73. The normalized spacial score (nSPS) is 32.5. The average molecular weight is 238 g/mol. The van der Waals surface area contributed by atoms with E-state index >= 15 is 0 Å². The van der Waals surface area contributed by atoms with Gasteiger partial charge in [-0.05, 0) is 37.5 Å². The molecule has 3 heteroatoms. The molecule has 3 nitrogen and oxygen atoms in total. The number of hydrogen-bond donors (Lipinski definition) is 3. The van der Waals surface area contributed by atoms with Gasteiger partial charge in [-0.1, -0.05) is 25.0 Å². The molecule has 1 aliphatic rings. The van der Waals surface area contributed by atoms with Gasteiger partial charge in [0.05, 0.1) is 5.60 Å². The van der Waals surface area contributed by atoms with Crippen molar-refractivity contribution in [2.45, 2.75) is 31.3 Å². The third kappa shape index (κ3) is 2.45. The van der Waals surface area contributed by atoms with Crippen LogP contribution in [-0.4, -0.2) is 23.7 Å². The second-order valence-electron chi connectivity index (χ2n) is 4.80.